The second kappa shape index (κ2) is 7.84. The van der Waals surface area contributed by atoms with E-state index in [2.05, 4.69) is 0 Å². The Kier molecular flexibility index (Phi) is 5.09. The van der Waals surface area contributed by atoms with E-state index in [1.54, 1.807) is 38.5 Å². The molecule has 0 saturated heterocycles. The van der Waals surface area contributed by atoms with Crippen molar-refractivity contribution in [2.24, 2.45) is 0 Å². The Morgan fingerprint density at radius 2 is 1.48 bits per heavy atom. The van der Waals surface area contributed by atoms with Crippen LogP contribution in [-0.4, -0.2) is 25.1 Å². The summed E-state index contributed by atoms with van der Waals surface area (Å²) in [5.74, 6) is 1.65. The summed E-state index contributed by atoms with van der Waals surface area (Å²) < 4.78 is 10.6. The first kappa shape index (κ1) is 18.8. The Balaban J connectivity index is 1.89. The number of carbonyl (C=O) groups excluding carboxylic acids is 1. The quantitative estimate of drug-likeness (QED) is 0.616. The number of aromatic hydroxyl groups is 1. The minimum atomic E-state index is -0.0538. The van der Waals surface area contributed by atoms with Gasteiger partial charge in [-0.05, 0) is 83.6 Å². The van der Waals surface area contributed by atoms with Crippen molar-refractivity contribution >= 4 is 16.9 Å². The first-order chi connectivity index (χ1) is 14.1. The van der Waals surface area contributed by atoms with E-state index in [1.165, 1.54) is 0 Å². The van der Waals surface area contributed by atoms with Gasteiger partial charge in [-0.3, -0.25) is 4.79 Å². The number of ether oxygens (including phenoxy) is 2. The first-order valence-corrected chi connectivity index (χ1v) is 9.49. The van der Waals surface area contributed by atoms with Gasteiger partial charge in [0, 0.05) is 11.1 Å². The largest absolute Gasteiger partial charge is 0.508 e. The molecule has 1 aliphatic carbocycles. The van der Waals surface area contributed by atoms with Crippen LogP contribution in [0.15, 0.2) is 66.7 Å². The molecule has 3 aromatic rings. The Morgan fingerprint density at radius 3 is 2.14 bits per heavy atom. The number of rotatable bonds is 5. The molecule has 0 aliphatic heterocycles. The van der Waals surface area contributed by atoms with E-state index in [0.717, 1.165) is 46.6 Å². The number of ketones is 1. The van der Waals surface area contributed by atoms with Crippen molar-refractivity contribution in [2.45, 2.75) is 12.8 Å². The molecule has 0 fully saturated rings. The summed E-state index contributed by atoms with van der Waals surface area (Å²) in [4.78, 5) is 13.5. The Bertz CT molecular complexity index is 1080. The maximum atomic E-state index is 13.5. The summed E-state index contributed by atoms with van der Waals surface area (Å²) in [6.07, 6.45) is 1.59. The Labute approximate surface area is 170 Å². The molecule has 0 radical (unpaired) electrons. The van der Waals surface area contributed by atoms with Crippen LogP contribution in [0.5, 0.6) is 17.2 Å². The summed E-state index contributed by atoms with van der Waals surface area (Å²) in [5.41, 5.74) is 5.31. The van der Waals surface area contributed by atoms with Crippen molar-refractivity contribution in [3.63, 3.8) is 0 Å². The van der Waals surface area contributed by atoms with Gasteiger partial charge in [0.15, 0.2) is 5.78 Å². The number of carbonyl (C=O) groups is 1. The maximum absolute atomic E-state index is 13.5. The fourth-order valence-corrected chi connectivity index (χ4v) is 3.79. The van der Waals surface area contributed by atoms with E-state index < -0.39 is 0 Å². The number of aryl methyl sites for hydroxylation is 1. The highest BCUT2D eigenvalue weighted by molar-refractivity contribution is 6.35. The third kappa shape index (κ3) is 3.61. The van der Waals surface area contributed by atoms with Gasteiger partial charge in [-0.15, -0.1) is 0 Å². The van der Waals surface area contributed by atoms with Gasteiger partial charge in [-0.2, -0.15) is 0 Å². The van der Waals surface area contributed by atoms with E-state index >= 15 is 0 Å². The molecule has 0 aromatic heterocycles. The summed E-state index contributed by atoms with van der Waals surface area (Å²) in [5, 5.41) is 9.59. The van der Waals surface area contributed by atoms with Crippen LogP contribution in [0.2, 0.25) is 0 Å². The molecule has 0 atom stereocenters. The minimum Gasteiger partial charge on any atom is -0.508 e. The SMILES string of the molecule is COc1ccc(C2=C(C(=O)c3ccc(O)cc3)c3ccc(OC)cc3CC2)cc1. The van der Waals surface area contributed by atoms with Crippen LogP contribution in [0.4, 0.5) is 0 Å². The molecule has 4 rings (SSSR count). The maximum Gasteiger partial charge on any atom is 0.193 e. The number of benzene rings is 3. The second-order valence-electron chi connectivity index (χ2n) is 6.98. The zero-order chi connectivity index (χ0) is 20.4. The molecule has 4 heteroatoms. The van der Waals surface area contributed by atoms with Gasteiger partial charge in [0.1, 0.15) is 17.2 Å². The molecule has 0 heterocycles. The number of phenolic OH excluding ortho intramolecular Hbond substituents is 1. The van der Waals surface area contributed by atoms with Crippen LogP contribution in [-0.2, 0) is 6.42 Å². The molecule has 1 aliphatic rings. The molecule has 4 nitrogen and oxygen atoms in total. The Morgan fingerprint density at radius 1 is 0.828 bits per heavy atom. The summed E-state index contributed by atoms with van der Waals surface area (Å²) in [6, 6.07) is 20.1. The molecule has 146 valence electrons. The number of methoxy groups -OCH3 is 2. The predicted molar refractivity (Wildman–Crippen MR) is 114 cm³/mol. The molecule has 0 amide bonds. The van der Waals surface area contributed by atoms with Crippen molar-refractivity contribution in [2.75, 3.05) is 14.2 Å². The molecule has 0 bridgehead atoms. The zero-order valence-electron chi connectivity index (χ0n) is 16.4. The van der Waals surface area contributed by atoms with Crippen molar-refractivity contribution in [3.8, 4) is 17.2 Å². The number of hydrogen-bond donors (Lipinski definition) is 1. The van der Waals surface area contributed by atoms with Crippen molar-refractivity contribution in [3.05, 3.63) is 89.0 Å². The number of phenols is 1. The van der Waals surface area contributed by atoms with Crippen LogP contribution in [0.3, 0.4) is 0 Å². The van der Waals surface area contributed by atoms with Crippen LogP contribution in [0, 0.1) is 0 Å². The number of fused-ring (bicyclic) bond motifs is 1. The fourth-order valence-electron chi connectivity index (χ4n) is 3.79. The van der Waals surface area contributed by atoms with Crippen molar-refractivity contribution in [1.82, 2.24) is 0 Å². The number of allylic oxidation sites excluding steroid dienone is 2. The summed E-state index contributed by atoms with van der Waals surface area (Å²) in [6.45, 7) is 0. The topological polar surface area (TPSA) is 55.8 Å². The standard InChI is InChI=1S/C25H22O4/c1-28-20-10-5-16(6-11-20)22-13-7-18-15-21(29-2)12-14-23(18)24(22)25(27)17-3-8-19(26)9-4-17/h3-6,8-12,14-15,26H,7,13H2,1-2H3. The lowest BCUT2D eigenvalue weighted by atomic mass is 9.79. The van der Waals surface area contributed by atoms with Crippen LogP contribution < -0.4 is 9.47 Å². The minimum absolute atomic E-state index is 0.0538. The van der Waals surface area contributed by atoms with Gasteiger partial charge in [0.05, 0.1) is 14.2 Å². The molecule has 3 aromatic carbocycles. The van der Waals surface area contributed by atoms with Crippen molar-refractivity contribution < 1.29 is 19.4 Å². The van der Waals surface area contributed by atoms with E-state index in [9.17, 15) is 9.90 Å². The monoisotopic (exact) mass is 386 g/mol. The third-order valence-electron chi connectivity index (χ3n) is 5.32. The number of Topliss-reactive ketones (excluding diaryl/α,β-unsaturated/α-hetero) is 1. The van der Waals surface area contributed by atoms with Gasteiger partial charge in [0.2, 0.25) is 0 Å². The highest BCUT2D eigenvalue weighted by Gasteiger charge is 2.26. The van der Waals surface area contributed by atoms with E-state index in [4.69, 9.17) is 9.47 Å². The van der Waals surface area contributed by atoms with Crippen LogP contribution in [0.25, 0.3) is 11.1 Å². The first-order valence-electron chi connectivity index (χ1n) is 9.49. The molecular weight excluding hydrogens is 364 g/mol. The average molecular weight is 386 g/mol. The molecule has 29 heavy (non-hydrogen) atoms. The Hall–Kier alpha value is -3.53. The lowest BCUT2D eigenvalue weighted by molar-refractivity contribution is 0.105. The molecule has 0 spiro atoms. The van der Waals surface area contributed by atoms with Gasteiger partial charge in [0.25, 0.3) is 0 Å². The predicted octanol–water partition coefficient (Wildman–Crippen LogP) is 5.15. The van der Waals surface area contributed by atoms with Gasteiger partial charge in [-0.1, -0.05) is 18.2 Å². The van der Waals surface area contributed by atoms with Gasteiger partial charge < -0.3 is 14.6 Å². The lowest BCUT2D eigenvalue weighted by Crippen LogP contribution is -2.12. The third-order valence-corrected chi connectivity index (χ3v) is 5.32. The normalized spacial score (nSPS) is 13.0. The van der Waals surface area contributed by atoms with E-state index in [1.807, 2.05) is 42.5 Å². The highest BCUT2D eigenvalue weighted by atomic mass is 16.5. The molecule has 0 unspecified atom stereocenters. The van der Waals surface area contributed by atoms with E-state index in [-0.39, 0.29) is 11.5 Å². The molecule has 0 saturated carbocycles. The van der Waals surface area contributed by atoms with Crippen LogP contribution >= 0.6 is 0 Å². The van der Waals surface area contributed by atoms with E-state index in [0.29, 0.717) is 11.1 Å². The lowest BCUT2D eigenvalue weighted by Gasteiger charge is -2.24. The highest BCUT2D eigenvalue weighted by Crippen LogP contribution is 2.40. The zero-order valence-corrected chi connectivity index (χ0v) is 16.4. The number of hydrogen-bond acceptors (Lipinski definition) is 4. The smallest absolute Gasteiger partial charge is 0.193 e. The summed E-state index contributed by atoms with van der Waals surface area (Å²) in [7, 11) is 3.28. The van der Waals surface area contributed by atoms with Crippen molar-refractivity contribution in [1.29, 1.82) is 0 Å². The molecule has 1 N–H and O–H groups in total. The summed E-state index contributed by atoms with van der Waals surface area (Å²) >= 11 is 0. The van der Waals surface area contributed by atoms with Gasteiger partial charge >= 0.3 is 0 Å². The fraction of sp³-hybridized carbons (Fsp3) is 0.160. The van der Waals surface area contributed by atoms with Crippen LogP contribution in [0.1, 0.15) is 33.5 Å². The molecular formula is C25H22O4. The average Bonchev–Trinajstić information content (AvgIpc) is 2.78. The second-order valence-corrected chi connectivity index (χ2v) is 6.98. The van der Waals surface area contributed by atoms with Gasteiger partial charge in [-0.25, -0.2) is 0 Å².